The second kappa shape index (κ2) is 7.46. The number of para-hydroxylation sites is 1. The van der Waals surface area contributed by atoms with Crippen molar-refractivity contribution >= 4 is 11.6 Å². The van der Waals surface area contributed by atoms with Gasteiger partial charge in [0, 0.05) is 38.4 Å². The predicted octanol–water partition coefficient (Wildman–Crippen LogP) is 1.97. The lowest BCUT2D eigenvalue weighted by molar-refractivity contribution is -0.126. The van der Waals surface area contributed by atoms with Gasteiger partial charge in [-0.1, -0.05) is 32.0 Å². The molecule has 1 fully saturated rings. The number of nitrogens with zero attached hydrogens (tertiary/aromatic N) is 2. The number of piperazine rings is 1. The second-order valence-corrected chi connectivity index (χ2v) is 6.17. The van der Waals surface area contributed by atoms with E-state index in [2.05, 4.69) is 53.2 Å². The van der Waals surface area contributed by atoms with Crippen LogP contribution in [0.4, 0.5) is 5.69 Å². The number of nitrogens with one attached hydrogen (secondary N) is 1. The quantitative estimate of drug-likeness (QED) is 0.900. The van der Waals surface area contributed by atoms with Crippen LogP contribution in [-0.4, -0.2) is 49.6 Å². The van der Waals surface area contributed by atoms with E-state index in [1.807, 2.05) is 13.0 Å². The molecule has 1 aliphatic rings. The highest BCUT2D eigenvalue weighted by atomic mass is 16.2. The van der Waals surface area contributed by atoms with Crippen LogP contribution in [0.3, 0.4) is 0 Å². The Bertz CT molecular complexity index is 439. The first-order chi connectivity index (χ1) is 10.1. The van der Waals surface area contributed by atoms with Gasteiger partial charge in [-0.3, -0.25) is 9.69 Å². The van der Waals surface area contributed by atoms with E-state index in [0.29, 0.717) is 5.92 Å². The predicted molar refractivity (Wildman–Crippen MR) is 87.5 cm³/mol. The molecule has 1 aromatic rings. The molecule has 1 aromatic carbocycles. The summed E-state index contributed by atoms with van der Waals surface area (Å²) < 4.78 is 0. The molecule has 1 saturated heterocycles. The molecule has 1 aliphatic heterocycles. The maximum Gasteiger partial charge on any atom is 0.237 e. The summed E-state index contributed by atoms with van der Waals surface area (Å²) in [4.78, 5) is 16.8. The molecule has 1 unspecified atom stereocenters. The standard InChI is InChI=1S/C17H27N3O/c1-14(2)13-18-17(21)15(3)19-9-11-20(12-10-19)16-7-5-4-6-8-16/h4-8,14-15H,9-13H2,1-3H3,(H,18,21). The number of carbonyl (C=O) groups is 1. The summed E-state index contributed by atoms with van der Waals surface area (Å²) in [6, 6.07) is 10.4. The van der Waals surface area contributed by atoms with E-state index < -0.39 is 0 Å². The molecule has 0 spiro atoms. The normalized spacial score (nSPS) is 17.8. The van der Waals surface area contributed by atoms with Crippen molar-refractivity contribution in [2.45, 2.75) is 26.8 Å². The number of anilines is 1. The largest absolute Gasteiger partial charge is 0.369 e. The van der Waals surface area contributed by atoms with Gasteiger partial charge in [0.05, 0.1) is 6.04 Å². The molecule has 0 radical (unpaired) electrons. The van der Waals surface area contributed by atoms with Crippen LogP contribution in [0.5, 0.6) is 0 Å². The minimum Gasteiger partial charge on any atom is -0.369 e. The number of carbonyl (C=O) groups excluding carboxylic acids is 1. The van der Waals surface area contributed by atoms with Crippen molar-refractivity contribution in [3.63, 3.8) is 0 Å². The van der Waals surface area contributed by atoms with Crippen molar-refractivity contribution < 1.29 is 4.79 Å². The first-order valence-corrected chi connectivity index (χ1v) is 7.89. The van der Waals surface area contributed by atoms with Gasteiger partial charge < -0.3 is 10.2 Å². The Morgan fingerprint density at radius 2 is 1.71 bits per heavy atom. The number of amides is 1. The van der Waals surface area contributed by atoms with Crippen molar-refractivity contribution in [1.29, 1.82) is 0 Å². The monoisotopic (exact) mass is 289 g/mol. The van der Waals surface area contributed by atoms with Gasteiger partial charge in [0.1, 0.15) is 0 Å². The maximum atomic E-state index is 12.1. The fraction of sp³-hybridized carbons (Fsp3) is 0.588. The van der Waals surface area contributed by atoms with E-state index in [1.54, 1.807) is 0 Å². The molecule has 0 aliphatic carbocycles. The molecule has 4 nitrogen and oxygen atoms in total. The third-order valence-electron chi connectivity index (χ3n) is 4.05. The van der Waals surface area contributed by atoms with Gasteiger partial charge in [-0.05, 0) is 25.0 Å². The van der Waals surface area contributed by atoms with Crippen LogP contribution in [0.25, 0.3) is 0 Å². The maximum absolute atomic E-state index is 12.1. The van der Waals surface area contributed by atoms with Gasteiger partial charge in [-0.25, -0.2) is 0 Å². The van der Waals surface area contributed by atoms with Crippen molar-refractivity contribution in [3.05, 3.63) is 30.3 Å². The summed E-state index contributed by atoms with van der Waals surface area (Å²) in [5, 5.41) is 3.03. The van der Waals surface area contributed by atoms with E-state index in [-0.39, 0.29) is 11.9 Å². The van der Waals surface area contributed by atoms with Crippen molar-refractivity contribution in [3.8, 4) is 0 Å². The Morgan fingerprint density at radius 1 is 1.10 bits per heavy atom. The Labute approximate surface area is 128 Å². The second-order valence-electron chi connectivity index (χ2n) is 6.17. The van der Waals surface area contributed by atoms with Crippen LogP contribution in [0.1, 0.15) is 20.8 Å². The molecule has 116 valence electrons. The highest BCUT2D eigenvalue weighted by molar-refractivity contribution is 5.81. The van der Waals surface area contributed by atoms with Crippen LogP contribution in [0.15, 0.2) is 30.3 Å². The highest BCUT2D eigenvalue weighted by Gasteiger charge is 2.25. The number of hydrogen-bond acceptors (Lipinski definition) is 3. The Morgan fingerprint density at radius 3 is 2.29 bits per heavy atom. The topological polar surface area (TPSA) is 35.6 Å². The van der Waals surface area contributed by atoms with Crippen molar-refractivity contribution in [2.75, 3.05) is 37.6 Å². The molecule has 1 N–H and O–H groups in total. The minimum absolute atomic E-state index is 0.0401. The summed E-state index contributed by atoms with van der Waals surface area (Å²) in [5.41, 5.74) is 1.27. The zero-order valence-electron chi connectivity index (χ0n) is 13.4. The molecule has 21 heavy (non-hydrogen) atoms. The number of benzene rings is 1. The zero-order chi connectivity index (χ0) is 15.2. The van der Waals surface area contributed by atoms with Crippen LogP contribution in [-0.2, 0) is 4.79 Å². The van der Waals surface area contributed by atoms with Crippen LogP contribution in [0.2, 0.25) is 0 Å². The van der Waals surface area contributed by atoms with Gasteiger partial charge in [0.15, 0.2) is 0 Å². The fourth-order valence-electron chi connectivity index (χ4n) is 2.62. The molecular formula is C17H27N3O. The Hall–Kier alpha value is -1.55. The Balaban J connectivity index is 1.82. The van der Waals surface area contributed by atoms with Gasteiger partial charge in [0.2, 0.25) is 5.91 Å². The van der Waals surface area contributed by atoms with Gasteiger partial charge in [-0.15, -0.1) is 0 Å². The smallest absolute Gasteiger partial charge is 0.237 e. The zero-order valence-corrected chi connectivity index (χ0v) is 13.4. The van der Waals surface area contributed by atoms with E-state index >= 15 is 0 Å². The lowest BCUT2D eigenvalue weighted by atomic mass is 10.2. The molecule has 0 saturated carbocycles. The van der Waals surface area contributed by atoms with E-state index in [0.717, 1.165) is 32.7 Å². The molecule has 1 heterocycles. The summed E-state index contributed by atoms with van der Waals surface area (Å²) in [7, 11) is 0. The number of rotatable bonds is 5. The lowest BCUT2D eigenvalue weighted by Crippen LogP contribution is -2.54. The first-order valence-electron chi connectivity index (χ1n) is 7.89. The average molecular weight is 289 g/mol. The van der Waals surface area contributed by atoms with E-state index in [1.165, 1.54) is 5.69 Å². The third kappa shape index (κ3) is 4.46. The molecule has 0 bridgehead atoms. The fourth-order valence-corrected chi connectivity index (χ4v) is 2.62. The Kier molecular flexibility index (Phi) is 5.62. The van der Waals surface area contributed by atoms with Crippen molar-refractivity contribution in [2.24, 2.45) is 5.92 Å². The molecular weight excluding hydrogens is 262 g/mol. The van der Waals surface area contributed by atoms with Crippen molar-refractivity contribution in [1.82, 2.24) is 10.2 Å². The van der Waals surface area contributed by atoms with Gasteiger partial charge in [0.25, 0.3) is 0 Å². The summed E-state index contributed by atoms with van der Waals surface area (Å²) >= 11 is 0. The summed E-state index contributed by atoms with van der Waals surface area (Å²) in [6.07, 6.45) is 0. The van der Waals surface area contributed by atoms with Crippen LogP contribution in [0, 0.1) is 5.92 Å². The van der Waals surface area contributed by atoms with Gasteiger partial charge in [-0.2, -0.15) is 0 Å². The SMILES string of the molecule is CC(C)CNC(=O)C(C)N1CCN(c2ccccc2)CC1. The summed E-state index contributed by atoms with van der Waals surface area (Å²) in [5.74, 6) is 0.646. The molecule has 2 rings (SSSR count). The highest BCUT2D eigenvalue weighted by Crippen LogP contribution is 2.16. The van der Waals surface area contributed by atoms with Crippen LogP contribution >= 0.6 is 0 Å². The molecule has 4 heteroatoms. The molecule has 1 atom stereocenters. The van der Waals surface area contributed by atoms with Crippen LogP contribution < -0.4 is 10.2 Å². The summed E-state index contributed by atoms with van der Waals surface area (Å²) in [6.45, 7) is 10.8. The molecule has 0 aromatic heterocycles. The third-order valence-corrected chi connectivity index (χ3v) is 4.05. The number of hydrogen-bond donors (Lipinski definition) is 1. The lowest BCUT2D eigenvalue weighted by Gasteiger charge is -2.38. The average Bonchev–Trinajstić information content (AvgIpc) is 2.53. The van der Waals surface area contributed by atoms with Gasteiger partial charge >= 0.3 is 0 Å². The van der Waals surface area contributed by atoms with E-state index in [9.17, 15) is 4.79 Å². The first kappa shape index (κ1) is 15.8. The minimum atomic E-state index is -0.0401. The van der Waals surface area contributed by atoms with E-state index in [4.69, 9.17) is 0 Å². The molecule has 1 amide bonds.